The summed E-state index contributed by atoms with van der Waals surface area (Å²) < 4.78 is 4.04. The lowest BCUT2D eigenvalue weighted by Gasteiger charge is -2.41. The van der Waals surface area contributed by atoms with E-state index >= 15 is 0 Å². The van der Waals surface area contributed by atoms with Gasteiger partial charge in [0.15, 0.2) is 0 Å². The molecule has 0 aromatic rings. The highest BCUT2D eigenvalue weighted by atomic mass is 32.2. The van der Waals surface area contributed by atoms with E-state index in [0.717, 1.165) is 25.7 Å². The van der Waals surface area contributed by atoms with Gasteiger partial charge in [-0.25, -0.2) is 0 Å². The Balaban J connectivity index is 1.85. The van der Waals surface area contributed by atoms with Gasteiger partial charge in [0.2, 0.25) is 11.8 Å². The normalized spacial score (nSPS) is 36.1. The fourth-order valence-electron chi connectivity index (χ4n) is 6.40. The van der Waals surface area contributed by atoms with E-state index in [1.54, 1.807) is 16.7 Å². The zero-order chi connectivity index (χ0) is 25.4. The molecule has 4 aliphatic heterocycles. The number of hydrogen-bond acceptors (Lipinski definition) is 6. The van der Waals surface area contributed by atoms with Gasteiger partial charge in [-0.05, 0) is 25.7 Å². The van der Waals surface area contributed by atoms with Crippen LogP contribution in [-0.2, 0) is 19.1 Å². The van der Waals surface area contributed by atoms with Crippen LogP contribution in [0, 0.1) is 17.8 Å². The maximum absolute atomic E-state index is 14.3. The van der Waals surface area contributed by atoms with Gasteiger partial charge in [-0.2, -0.15) is 0 Å². The lowest BCUT2D eigenvalue weighted by atomic mass is 9.74. The van der Waals surface area contributed by atoms with Crippen molar-refractivity contribution in [1.29, 1.82) is 0 Å². The van der Waals surface area contributed by atoms with Crippen LogP contribution in [0.15, 0.2) is 24.3 Å². The van der Waals surface area contributed by atoms with Gasteiger partial charge < -0.3 is 19.6 Å². The Morgan fingerprint density at radius 2 is 1.91 bits per heavy atom. The highest BCUT2D eigenvalue weighted by Gasteiger charge is 2.74. The van der Waals surface area contributed by atoms with E-state index in [0.29, 0.717) is 26.1 Å². The van der Waals surface area contributed by atoms with Crippen molar-refractivity contribution in [3.05, 3.63) is 24.3 Å². The second-order valence-corrected chi connectivity index (χ2v) is 12.4. The molecule has 2 saturated heterocycles. The van der Waals surface area contributed by atoms with Crippen molar-refractivity contribution in [2.45, 2.75) is 81.4 Å². The topological polar surface area (TPSA) is 87.2 Å². The highest BCUT2D eigenvalue weighted by Crippen LogP contribution is 2.65. The summed E-state index contributed by atoms with van der Waals surface area (Å²) in [6.07, 6.45) is 12.5. The first-order valence-electron chi connectivity index (χ1n) is 13.2. The summed E-state index contributed by atoms with van der Waals surface area (Å²) in [5.41, 5.74) is 0. The molecule has 1 N–H and O–H groups in total. The molecular formula is C27H40N2O5S. The Morgan fingerprint density at radius 3 is 2.60 bits per heavy atom. The Hall–Kier alpha value is -1.80. The van der Waals surface area contributed by atoms with Crippen LogP contribution in [-0.4, -0.2) is 80.6 Å². The Bertz CT molecular complexity index is 906. The van der Waals surface area contributed by atoms with Gasteiger partial charge in [0.1, 0.15) is 6.04 Å². The Kier molecular flexibility index (Phi) is 7.72. The third kappa shape index (κ3) is 4.24. The average molecular weight is 505 g/mol. The summed E-state index contributed by atoms with van der Waals surface area (Å²) in [7, 11) is 0. The summed E-state index contributed by atoms with van der Waals surface area (Å²) in [6, 6.07) is -1.25. The van der Waals surface area contributed by atoms with Crippen LogP contribution in [0.1, 0.15) is 59.8 Å². The summed E-state index contributed by atoms with van der Waals surface area (Å²) in [5, 5.41) is 10.4. The fraction of sp³-hybridized carbons (Fsp3) is 0.741. The van der Waals surface area contributed by atoms with Crippen LogP contribution in [0.4, 0.5) is 0 Å². The van der Waals surface area contributed by atoms with Gasteiger partial charge >= 0.3 is 5.97 Å². The molecule has 4 rings (SSSR count). The van der Waals surface area contributed by atoms with E-state index in [9.17, 15) is 19.5 Å². The van der Waals surface area contributed by atoms with Gasteiger partial charge in [0, 0.05) is 17.8 Å². The quantitative estimate of drug-likeness (QED) is 0.310. The highest BCUT2D eigenvalue weighted by molar-refractivity contribution is 8.02. The third-order valence-corrected chi connectivity index (χ3v) is 10.2. The van der Waals surface area contributed by atoms with E-state index in [1.807, 2.05) is 50.0 Å². The number of aliphatic hydroxyl groups excluding tert-OH is 1. The van der Waals surface area contributed by atoms with Crippen LogP contribution < -0.4 is 0 Å². The van der Waals surface area contributed by atoms with E-state index in [2.05, 4.69) is 6.92 Å². The molecule has 0 aromatic heterocycles. The van der Waals surface area contributed by atoms with Crippen molar-refractivity contribution in [3.8, 4) is 0 Å². The van der Waals surface area contributed by atoms with Crippen molar-refractivity contribution < 1.29 is 24.2 Å². The SMILES string of the molecule is CCCCCN1CC=C[C@]23S[C@]4(C)C=CCCOC(=O)[C@@H]4[C@H]2C(=O)N([C@@H](CO)[C@@H](C)CC)C3C1=O. The predicted octanol–water partition coefficient (Wildman–Crippen LogP) is 3.17. The van der Waals surface area contributed by atoms with Gasteiger partial charge in [0.25, 0.3) is 0 Å². The average Bonchev–Trinajstić information content (AvgIpc) is 3.15. The number of hydrogen-bond donors (Lipinski definition) is 1. The molecule has 194 valence electrons. The number of fused-ring (bicyclic) bond motifs is 2. The largest absolute Gasteiger partial charge is 0.465 e. The number of esters is 1. The summed E-state index contributed by atoms with van der Waals surface area (Å²) in [4.78, 5) is 45.4. The summed E-state index contributed by atoms with van der Waals surface area (Å²) in [6.45, 7) is 9.36. The van der Waals surface area contributed by atoms with Crippen LogP contribution in [0.5, 0.6) is 0 Å². The van der Waals surface area contributed by atoms with E-state index < -0.39 is 33.4 Å². The Labute approximate surface area is 213 Å². The minimum Gasteiger partial charge on any atom is -0.465 e. The first-order chi connectivity index (χ1) is 16.8. The van der Waals surface area contributed by atoms with Crippen LogP contribution in [0.25, 0.3) is 0 Å². The molecule has 0 saturated carbocycles. The van der Waals surface area contributed by atoms with Crippen LogP contribution in [0.3, 0.4) is 0 Å². The smallest absolute Gasteiger partial charge is 0.311 e. The second kappa shape index (κ2) is 10.3. The number of cyclic esters (lactones) is 1. The number of thioether (sulfide) groups is 1. The molecule has 0 radical (unpaired) electrons. The molecule has 8 heteroatoms. The van der Waals surface area contributed by atoms with E-state index in [1.165, 1.54) is 0 Å². The zero-order valence-electron chi connectivity index (χ0n) is 21.4. The number of nitrogens with zero attached hydrogens (tertiary/aromatic N) is 2. The molecular weight excluding hydrogens is 464 g/mol. The first kappa shape index (κ1) is 26.3. The molecule has 2 amide bonds. The van der Waals surface area contributed by atoms with Crippen molar-refractivity contribution in [2.24, 2.45) is 17.8 Å². The van der Waals surface area contributed by atoms with Gasteiger partial charge in [0.05, 0.1) is 35.8 Å². The lowest BCUT2D eigenvalue weighted by molar-refractivity contribution is -0.155. The van der Waals surface area contributed by atoms with Crippen molar-refractivity contribution in [3.63, 3.8) is 0 Å². The van der Waals surface area contributed by atoms with Crippen molar-refractivity contribution >= 4 is 29.5 Å². The molecule has 4 aliphatic rings. The minimum absolute atomic E-state index is 0.00830. The Morgan fingerprint density at radius 1 is 1.14 bits per heavy atom. The van der Waals surface area contributed by atoms with Crippen LogP contribution in [0.2, 0.25) is 0 Å². The standard InChI is InChI=1S/C27H40N2O5S/c1-5-7-9-14-28-15-11-13-27-20(21-25(33)34-16-10-8-12-26(21,4)35-27)23(31)29(22(27)24(28)32)19(17-30)18(3)6-2/h8,11-13,18-22,30H,5-7,9-10,14-17H2,1-4H3/t18-,19-,20-,21-,22?,26+,27-/m0/s1. The molecule has 7 atom stereocenters. The number of ether oxygens (including phenoxy) is 1. The fourth-order valence-corrected chi connectivity index (χ4v) is 8.54. The molecule has 0 aliphatic carbocycles. The molecule has 35 heavy (non-hydrogen) atoms. The van der Waals surface area contributed by atoms with Crippen LogP contribution >= 0.6 is 11.8 Å². The third-order valence-electron chi connectivity index (χ3n) is 8.42. The molecule has 4 heterocycles. The summed E-state index contributed by atoms with van der Waals surface area (Å²) >= 11 is 1.56. The van der Waals surface area contributed by atoms with E-state index in [-0.39, 0.29) is 30.3 Å². The minimum atomic E-state index is -0.887. The first-order valence-corrected chi connectivity index (χ1v) is 14.0. The van der Waals surface area contributed by atoms with Gasteiger partial charge in [-0.3, -0.25) is 14.4 Å². The molecule has 0 aromatic carbocycles. The second-order valence-electron chi connectivity index (χ2n) is 10.6. The maximum atomic E-state index is 14.3. The molecule has 0 bridgehead atoms. The number of carbonyl (C=O) groups is 3. The number of likely N-dealkylation sites (tertiary alicyclic amines) is 1. The maximum Gasteiger partial charge on any atom is 0.311 e. The molecule has 1 unspecified atom stereocenters. The van der Waals surface area contributed by atoms with Gasteiger partial charge in [-0.1, -0.05) is 64.3 Å². The molecule has 7 nitrogen and oxygen atoms in total. The number of amides is 2. The zero-order valence-corrected chi connectivity index (χ0v) is 22.3. The molecule has 2 fully saturated rings. The lowest BCUT2D eigenvalue weighted by Crippen LogP contribution is -2.58. The summed E-state index contributed by atoms with van der Waals surface area (Å²) in [5.74, 6) is -2.06. The number of aliphatic hydroxyl groups is 1. The van der Waals surface area contributed by atoms with E-state index in [4.69, 9.17) is 4.74 Å². The number of carbonyl (C=O) groups excluding carboxylic acids is 3. The number of rotatable bonds is 8. The van der Waals surface area contributed by atoms with Crippen molar-refractivity contribution in [2.75, 3.05) is 26.3 Å². The predicted molar refractivity (Wildman–Crippen MR) is 137 cm³/mol. The monoisotopic (exact) mass is 504 g/mol. The number of unbranched alkanes of at least 4 members (excludes halogenated alkanes) is 2. The molecule has 1 spiro atoms. The van der Waals surface area contributed by atoms with Crippen molar-refractivity contribution in [1.82, 2.24) is 9.80 Å². The van der Waals surface area contributed by atoms with Gasteiger partial charge in [-0.15, -0.1) is 11.8 Å².